The predicted molar refractivity (Wildman–Crippen MR) is 113 cm³/mol. The Hall–Kier alpha value is -2.46. The molecule has 0 bridgehead atoms. The Kier molecular flexibility index (Phi) is 10.1. The Morgan fingerprint density at radius 1 is 1.15 bits per heavy atom. The van der Waals surface area contributed by atoms with Crippen LogP contribution in [0.15, 0.2) is 71.9 Å². The topological polar surface area (TPSA) is 52.4 Å². The fourth-order valence-electron chi connectivity index (χ4n) is 2.71. The summed E-state index contributed by atoms with van der Waals surface area (Å²) in [6, 6.07) is 6.47. The lowest BCUT2D eigenvalue weighted by Crippen LogP contribution is -2.00. The van der Waals surface area contributed by atoms with E-state index in [1.165, 1.54) is 23.3 Å². The highest BCUT2D eigenvalue weighted by atomic mass is 16.6. The molecular weight excluding hydrogens is 338 g/mol. The largest absolute Gasteiger partial charge is 0.373 e. The predicted octanol–water partition coefficient (Wildman–Crippen LogP) is 6.87. The van der Waals surface area contributed by atoms with Gasteiger partial charge >= 0.3 is 0 Å². The average molecular weight is 370 g/mol. The third-order valence-corrected chi connectivity index (χ3v) is 4.33. The molecule has 1 aromatic carbocycles. The number of methoxy groups -OCH3 is 1. The molecule has 0 aliphatic carbocycles. The van der Waals surface area contributed by atoms with Crippen LogP contribution in [0.1, 0.15) is 58.1 Å². The third-order valence-electron chi connectivity index (χ3n) is 4.33. The summed E-state index contributed by atoms with van der Waals surface area (Å²) in [7, 11) is 1.64. The molecule has 1 unspecified atom stereocenters. The Balaban J connectivity index is 2.71. The number of benzene rings is 1. The summed E-state index contributed by atoms with van der Waals surface area (Å²) in [6.45, 7) is 10.3. The van der Waals surface area contributed by atoms with E-state index in [0.717, 1.165) is 36.8 Å². The third kappa shape index (κ3) is 8.65. The van der Waals surface area contributed by atoms with E-state index in [1.54, 1.807) is 19.2 Å². The zero-order valence-corrected chi connectivity index (χ0v) is 16.9. The smallest absolute Gasteiger partial charge is 0.269 e. The number of hydrogen-bond acceptors (Lipinski definition) is 3. The molecule has 4 heteroatoms. The van der Waals surface area contributed by atoms with Crippen molar-refractivity contribution >= 4 is 5.69 Å². The van der Waals surface area contributed by atoms with Crippen LogP contribution in [0.3, 0.4) is 0 Å². The average Bonchev–Trinajstić information content (AvgIpc) is 2.64. The number of allylic oxidation sites excluding steroid dienone is 6. The molecule has 0 amide bonds. The second-order valence-corrected chi connectivity index (χ2v) is 6.86. The van der Waals surface area contributed by atoms with Crippen molar-refractivity contribution in [3.8, 4) is 0 Å². The van der Waals surface area contributed by atoms with E-state index in [1.807, 2.05) is 12.2 Å². The van der Waals surface area contributed by atoms with Crippen molar-refractivity contribution in [2.75, 3.05) is 7.11 Å². The van der Waals surface area contributed by atoms with Gasteiger partial charge in [0.15, 0.2) is 0 Å². The summed E-state index contributed by atoms with van der Waals surface area (Å²) in [4.78, 5) is 10.4. The molecule has 0 fully saturated rings. The van der Waals surface area contributed by atoms with Crippen molar-refractivity contribution in [3.63, 3.8) is 0 Å². The molecule has 146 valence electrons. The van der Waals surface area contributed by atoms with Gasteiger partial charge in [-0.05, 0) is 75.8 Å². The summed E-state index contributed by atoms with van der Waals surface area (Å²) in [6.07, 6.45) is 12.2. The van der Waals surface area contributed by atoms with Crippen LogP contribution in [0.25, 0.3) is 0 Å². The molecule has 0 spiro atoms. The number of ether oxygens (including phenoxy) is 1. The van der Waals surface area contributed by atoms with Gasteiger partial charge in [-0.3, -0.25) is 10.1 Å². The van der Waals surface area contributed by atoms with Gasteiger partial charge in [0.1, 0.15) is 6.10 Å². The second-order valence-electron chi connectivity index (χ2n) is 6.86. The van der Waals surface area contributed by atoms with Gasteiger partial charge in [-0.1, -0.05) is 36.0 Å². The van der Waals surface area contributed by atoms with Crippen molar-refractivity contribution in [2.45, 2.75) is 52.6 Å². The molecule has 0 saturated heterocycles. The zero-order chi connectivity index (χ0) is 20.2. The van der Waals surface area contributed by atoms with E-state index in [0.29, 0.717) is 0 Å². The molecule has 0 aliphatic heterocycles. The van der Waals surface area contributed by atoms with E-state index in [-0.39, 0.29) is 11.8 Å². The molecule has 0 radical (unpaired) electrons. The minimum Gasteiger partial charge on any atom is -0.373 e. The maximum Gasteiger partial charge on any atom is 0.269 e. The van der Waals surface area contributed by atoms with Gasteiger partial charge in [0, 0.05) is 19.2 Å². The lowest BCUT2D eigenvalue weighted by molar-refractivity contribution is -0.384. The standard InChI is InChI=1S/C23H31NO3/c1-6-20(12-8-11-19(4)10-7-9-18(2)3)17-23(27-5)21-13-15-22(16-14-21)24(25)26/h6,9,11,13-17,23H,1,7-8,10,12H2,2-5H3/b19-11+,20-17+. The van der Waals surface area contributed by atoms with E-state index in [9.17, 15) is 10.1 Å². The molecule has 1 rings (SSSR count). The van der Waals surface area contributed by atoms with Crippen molar-refractivity contribution in [3.05, 3.63) is 87.5 Å². The Bertz CT molecular complexity index is 708. The summed E-state index contributed by atoms with van der Waals surface area (Å²) in [5.74, 6) is 0. The minimum absolute atomic E-state index is 0.0789. The Morgan fingerprint density at radius 3 is 2.30 bits per heavy atom. The minimum atomic E-state index is -0.400. The van der Waals surface area contributed by atoms with Crippen LogP contribution in [0.2, 0.25) is 0 Å². The van der Waals surface area contributed by atoms with Crippen LogP contribution in [0.4, 0.5) is 5.69 Å². The summed E-state index contributed by atoms with van der Waals surface area (Å²) < 4.78 is 5.56. The van der Waals surface area contributed by atoms with Gasteiger partial charge in [-0.25, -0.2) is 0 Å². The number of nitro groups is 1. The quantitative estimate of drug-likeness (QED) is 0.185. The van der Waals surface area contributed by atoms with Crippen LogP contribution in [-0.4, -0.2) is 12.0 Å². The molecule has 1 aromatic rings. The highest BCUT2D eigenvalue weighted by Gasteiger charge is 2.11. The Morgan fingerprint density at radius 2 is 1.78 bits per heavy atom. The van der Waals surface area contributed by atoms with Crippen LogP contribution in [-0.2, 0) is 4.74 Å². The molecule has 27 heavy (non-hydrogen) atoms. The second kappa shape index (κ2) is 12.0. The lowest BCUT2D eigenvalue weighted by Gasteiger charge is -2.13. The molecule has 0 saturated carbocycles. The van der Waals surface area contributed by atoms with Gasteiger partial charge in [0.25, 0.3) is 5.69 Å². The highest BCUT2D eigenvalue weighted by molar-refractivity contribution is 5.36. The molecule has 0 aliphatic rings. The number of hydrogen-bond donors (Lipinski definition) is 0. The maximum atomic E-state index is 10.8. The summed E-state index contributed by atoms with van der Waals surface area (Å²) in [5.41, 5.74) is 4.82. The maximum absolute atomic E-state index is 10.8. The van der Waals surface area contributed by atoms with Gasteiger partial charge in [-0.15, -0.1) is 0 Å². The molecule has 1 atom stereocenters. The first-order chi connectivity index (χ1) is 12.9. The molecule has 4 nitrogen and oxygen atoms in total. The van der Waals surface area contributed by atoms with Gasteiger partial charge in [0.2, 0.25) is 0 Å². The zero-order valence-electron chi connectivity index (χ0n) is 16.9. The lowest BCUT2D eigenvalue weighted by atomic mass is 10.0. The van der Waals surface area contributed by atoms with Crippen molar-refractivity contribution in [1.29, 1.82) is 0 Å². The Labute approximate surface area is 163 Å². The first-order valence-electron chi connectivity index (χ1n) is 9.26. The van der Waals surface area contributed by atoms with E-state index >= 15 is 0 Å². The van der Waals surface area contributed by atoms with Crippen LogP contribution >= 0.6 is 0 Å². The molecule has 0 aromatic heterocycles. The number of nitrogens with zero attached hydrogens (tertiary/aromatic N) is 1. The van der Waals surface area contributed by atoms with Crippen molar-refractivity contribution < 1.29 is 9.66 Å². The van der Waals surface area contributed by atoms with E-state index < -0.39 is 4.92 Å². The van der Waals surface area contributed by atoms with Crippen LogP contribution in [0.5, 0.6) is 0 Å². The number of nitro benzene ring substituents is 1. The number of rotatable bonds is 11. The first kappa shape index (κ1) is 22.6. The monoisotopic (exact) mass is 369 g/mol. The molecular formula is C23H31NO3. The number of non-ortho nitro benzene ring substituents is 1. The van der Waals surface area contributed by atoms with Crippen LogP contribution in [0, 0.1) is 10.1 Å². The van der Waals surface area contributed by atoms with E-state index in [4.69, 9.17) is 4.74 Å². The van der Waals surface area contributed by atoms with E-state index in [2.05, 4.69) is 39.5 Å². The molecule has 0 heterocycles. The molecule has 0 N–H and O–H groups in total. The summed E-state index contributed by atoms with van der Waals surface area (Å²) >= 11 is 0. The fraction of sp³-hybridized carbons (Fsp3) is 0.391. The highest BCUT2D eigenvalue weighted by Crippen LogP contribution is 2.24. The van der Waals surface area contributed by atoms with Crippen LogP contribution < -0.4 is 0 Å². The van der Waals surface area contributed by atoms with Crippen molar-refractivity contribution in [1.82, 2.24) is 0 Å². The van der Waals surface area contributed by atoms with Gasteiger partial charge in [0.05, 0.1) is 4.92 Å². The van der Waals surface area contributed by atoms with Gasteiger partial charge < -0.3 is 4.74 Å². The fourth-order valence-corrected chi connectivity index (χ4v) is 2.71. The normalized spacial score (nSPS) is 13.2. The summed E-state index contributed by atoms with van der Waals surface area (Å²) in [5, 5.41) is 10.8. The van der Waals surface area contributed by atoms with Crippen molar-refractivity contribution in [2.24, 2.45) is 0 Å². The van der Waals surface area contributed by atoms with Gasteiger partial charge in [-0.2, -0.15) is 0 Å². The SMILES string of the molecule is C=C/C(=C\C(OC)c1ccc([N+](=O)[O-])cc1)CC/C=C(\C)CCC=C(C)C. The first-order valence-corrected chi connectivity index (χ1v) is 9.26.